The van der Waals surface area contributed by atoms with Crippen molar-refractivity contribution < 1.29 is 9.59 Å². The summed E-state index contributed by atoms with van der Waals surface area (Å²) in [6, 6.07) is 8.28. The topological polar surface area (TPSA) is 83.1 Å². The van der Waals surface area contributed by atoms with Crippen LogP contribution >= 0.6 is 23.7 Å². The molecule has 2 aromatic rings. The number of aromatic nitrogens is 1. The first-order chi connectivity index (χ1) is 12.6. The zero-order valence-corrected chi connectivity index (χ0v) is 16.9. The number of halogens is 1. The van der Waals surface area contributed by atoms with Gasteiger partial charge in [-0.25, -0.2) is 4.98 Å². The number of aryl methyl sites for hydroxylation is 1. The molecule has 0 saturated carbocycles. The Hall–Kier alpha value is -1.96. The third kappa shape index (κ3) is 6.30. The monoisotopic (exact) mass is 408 g/mol. The molecule has 0 aliphatic carbocycles. The van der Waals surface area contributed by atoms with E-state index >= 15 is 0 Å². The number of rotatable bonds is 7. The first-order valence-corrected chi connectivity index (χ1v) is 9.80. The van der Waals surface area contributed by atoms with Gasteiger partial charge < -0.3 is 16.0 Å². The molecule has 1 aliphatic rings. The van der Waals surface area contributed by atoms with Gasteiger partial charge in [0.1, 0.15) is 0 Å². The Morgan fingerprint density at radius 3 is 2.74 bits per heavy atom. The molecule has 0 radical (unpaired) electrons. The van der Waals surface area contributed by atoms with E-state index in [1.807, 2.05) is 5.38 Å². The molecule has 1 fully saturated rings. The molecular weight excluding hydrogens is 384 g/mol. The summed E-state index contributed by atoms with van der Waals surface area (Å²) in [4.78, 5) is 27.6. The molecule has 1 aromatic heterocycles. The largest absolute Gasteiger partial charge is 0.356 e. The van der Waals surface area contributed by atoms with Crippen molar-refractivity contribution in [3.05, 3.63) is 35.2 Å². The second-order valence-corrected chi connectivity index (χ2v) is 7.36. The third-order valence-corrected chi connectivity index (χ3v) is 5.19. The maximum Gasteiger partial charge on any atom is 0.230 e. The number of carbonyl (C=O) groups excluding carboxylic acids is 2. The van der Waals surface area contributed by atoms with Crippen molar-refractivity contribution in [3.8, 4) is 11.3 Å². The molecule has 6 nitrogen and oxygen atoms in total. The van der Waals surface area contributed by atoms with E-state index in [4.69, 9.17) is 0 Å². The van der Waals surface area contributed by atoms with E-state index in [1.165, 1.54) is 23.8 Å². The van der Waals surface area contributed by atoms with Crippen LogP contribution in [0.15, 0.2) is 29.6 Å². The smallest absolute Gasteiger partial charge is 0.230 e. The highest BCUT2D eigenvalue weighted by atomic mass is 35.5. The van der Waals surface area contributed by atoms with Gasteiger partial charge in [0, 0.05) is 31.0 Å². The third-order valence-electron chi connectivity index (χ3n) is 4.43. The highest BCUT2D eigenvalue weighted by Crippen LogP contribution is 2.26. The highest BCUT2D eigenvalue weighted by Gasteiger charge is 2.23. The van der Waals surface area contributed by atoms with E-state index in [-0.39, 0.29) is 30.1 Å². The van der Waals surface area contributed by atoms with Crippen LogP contribution in [0.5, 0.6) is 0 Å². The van der Waals surface area contributed by atoms with Crippen molar-refractivity contribution in [1.82, 2.24) is 15.6 Å². The van der Waals surface area contributed by atoms with Gasteiger partial charge in [-0.1, -0.05) is 24.3 Å². The second kappa shape index (κ2) is 10.4. The van der Waals surface area contributed by atoms with Gasteiger partial charge in [0.15, 0.2) is 5.13 Å². The molecule has 1 unspecified atom stereocenters. The highest BCUT2D eigenvalue weighted by molar-refractivity contribution is 7.14. The van der Waals surface area contributed by atoms with E-state index in [9.17, 15) is 9.59 Å². The summed E-state index contributed by atoms with van der Waals surface area (Å²) >= 11 is 1.45. The Labute approximate surface area is 169 Å². The van der Waals surface area contributed by atoms with Gasteiger partial charge in [-0.3, -0.25) is 9.59 Å². The number of nitrogens with zero attached hydrogens (tertiary/aromatic N) is 1. The summed E-state index contributed by atoms with van der Waals surface area (Å²) in [5.74, 6) is 0.0977. The fraction of sp³-hybridized carbons (Fsp3) is 0.421. The van der Waals surface area contributed by atoms with Crippen LogP contribution in [0.25, 0.3) is 11.3 Å². The minimum Gasteiger partial charge on any atom is -0.356 e. The predicted octanol–water partition coefficient (Wildman–Crippen LogP) is 2.85. The summed E-state index contributed by atoms with van der Waals surface area (Å²) in [5, 5.41) is 11.5. The summed E-state index contributed by atoms with van der Waals surface area (Å²) in [7, 11) is 0. The zero-order valence-electron chi connectivity index (χ0n) is 15.3. The molecule has 0 spiro atoms. The Morgan fingerprint density at radius 2 is 2.07 bits per heavy atom. The first-order valence-electron chi connectivity index (χ1n) is 8.92. The number of hydrogen-bond donors (Lipinski definition) is 3. The number of anilines is 1. The number of amides is 2. The van der Waals surface area contributed by atoms with E-state index in [2.05, 4.69) is 45.2 Å². The molecule has 0 bridgehead atoms. The lowest BCUT2D eigenvalue weighted by molar-refractivity contribution is -0.120. The minimum absolute atomic E-state index is 0. The van der Waals surface area contributed by atoms with Crippen LogP contribution in [-0.4, -0.2) is 36.4 Å². The molecule has 1 aliphatic heterocycles. The van der Waals surface area contributed by atoms with Gasteiger partial charge in [-0.2, -0.15) is 0 Å². The maximum atomic E-state index is 12.2. The van der Waals surface area contributed by atoms with Crippen LogP contribution < -0.4 is 16.0 Å². The molecule has 1 atom stereocenters. The molecule has 1 saturated heterocycles. The second-order valence-electron chi connectivity index (χ2n) is 6.50. The van der Waals surface area contributed by atoms with Gasteiger partial charge in [-0.05, 0) is 31.4 Å². The van der Waals surface area contributed by atoms with Crippen LogP contribution in [0.3, 0.4) is 0 Å². The fourth-order valence-corrected chi connectivity index (χ4v) is 3.67. The fourth-order valence-electron chi connectivity index (χ4n) is 2.95. The summed E-state index contributed by atoms with van der Waals surface area (Å²) in [5.41, 5.74) is 3.14. The molecule has 3 N–H and O–H groups in total. The van der Waals surface area contributed by atoms with Gasteiger partial charge >= 0.3 is 0 Å². The van der Waals surface area contributed by atoms with Crippen LogP contribution in [-0.2, 0) is 16.0 Å². The van der Waals surface area contributed by atoms with Crippen molar-refractivity contribution >= 4 is 40.7 Å². The van der Waals surface area contributed by atoms with Crippen LogP contribution in [0, 0.1) is 5.92 Å². The van der Waals surface area contributed by atoms with E-state index in [0.29, 0.717) is 11.7 Å². The normalized spacial score (nSPS) is 15.8. The maximum absolute atomic E-state index is 12.2. The van der Waals surface area contributed by atoms with Crippen molar-refractivity contribution in [3.63, 3.8) is 0 Å². The average Bonchev–Trinajstić information content (AvgIpc) is 3.31. The molecule has 3 rings (SSSR count). The lowest BCUT2D eigenvalue weighted by Crippen LogP contribution is -2.24. The number of nitrogens with one attached hydrogen (secondary N) is 3. The van der Waals surface area contributed by atoms with Crippen molar-refractivity contribution in [2.75, 3.05) is 25.0 Å². The number of carbonyl (C=O) groups is 2. The SMILES string of the molecule is CC(=O)NCCCc1ccc(-c2csc(NC(=O)C3CCNC3)n2)cc1.Cl. The summed E-state index contributed by atoms with van der Waals surface area (Å²) in [6.45, 7) is 3.87. The number of benzene rings is 1. The van der Waals surface area contributed by atoms with Crippen LogP contribution in [0.4, 0.5) is 5.13 Å². The Morgan fingerprint density at radius 1 is 1.30 bits per heavy atom. The Balaban J connectivity index is 0.00000261. The van der Waals surface area contributed by atoms with Gasteiger partial charge in [0.25, 0.3) is 0 Å². The number of thiazole rings is 1. The lowest BCUT2D eigenvalue weighted by Gasteiger charge is -2.06. The van der Waals surface area contributed by atoms with Gasteiger partial charge in [0.2, 0.25) is 11.8 Å². The van der Waals surface area contributed by atoms with Crippen LogP contribution in [0.1, 0.15) is 25.3 Å². The van der Waals surface area contributed by atoms with Gasteiger partial charge in [0.05, 0.1) is 11.6 Å². The first kappa shape index (κ1) is 21.3. The summed E-state index contributed by atoms with van der Waals surface area (Å²) in [6.07, 6.45) is 2.73. The molecule has 2 amide bonds. The van der Waals surface area contributed by atoms with E-state index < -0.39 is 0 Å². The molecule has 2 heterocycles. The molecule has 8 heteroatoms. The Bertz CT molecular complexity index is 757. The van der Waals surface area contributed by atoms with Crippen LogP contribution in [0.2, 0.25) is 0 Å². The minimum atomic E-state index is 0. The standard InChI is InChI=1S/C19H24N4O2S.ClH/c1-13(24)21-9-2-3-14-4-6-15(7-5-14)17-12-26-19(22-17)23-18(25)16-8-10-20-11-16;/h4-7,12,16,20H,2-3,8-11H2,1H3,(H,21,24)(H,22,23,25);1H. The van der Waals surface area contributed by atoms with Crippen molar-refractivity contribution in [2.24, 2.45) is 5.92 Å². The average molecular weight is 409 g/mol. The van der Waals surface area contributed by atoms with Gasteiger partial charge in [-0.15, -0.1) is 23.7 Å². The molecule has 1 aromatic carbocycles. The number of hydrogen-bond acceptors (Lipinski definition) is 5. The molecular formula is C19H25ClN4O2S. The molecule has 27 heavy (non-hydrogen) atoms. The zero-order chi connectivity index (χ0) is 18.4. The lowest BCUT2D eigenvalue weighted by atomic mass is 10.1. The van der Waals surface area contributed by atoms with E-state index in [0.717, 1.165) is 43.6 Å². The molecule has 146 valence electrons. The van der Waals surface area contributed by atoms with Crippen molar-refractivity contribution in [2.45, 2.75) is 26.2 Å². The van der Waals surface area contributed by atoms with E-state index in [1.54, 1.807) is 0 Å². The predicted molar refractivity (Wildman–Crippen MR) is 111 cm³/mol. The van der Waals surface area contributed by atoms with Crippen molar-refractivity contribution in [1.29, 1.82) is 0 Å². The Kier molecular flexibility index (Phi) is 8.22. The quantitative estimate of drug-likeness (QED) is 0.615. The summed E-state index contributed by atoms with van der Waals surface area (Å²) < 4.78 is 0.